The molecular formula is C18H16N4. The Labute approximate surface area is 128 Å². The number of anilines is 2. The van der Waals surface area contributed by atoms with Crippen molar-refractivity contribution in [2.45, 2.75) is 13.5 Å². The Morgan fingerprint density at radius 1 is 1.00 bits per heavy atom. The fraction of sp³-hybridized carbons (Fsp3) is 0.111. The van der Waals surface area contributed by atoms with Crippen LogP contribution in [0.3, 0.4) is 0 Å². The minimum Gasteiger partial charge on any atom is -0.341 e. The molecule has 108 valence electrons. The van der Waals surface area contributed by atoms with Crippen molar-refractivity contribution in [3.8, 4) is 0 Å². The van der Waals surface area contributed by atoms with E-state index in [1.807, 2.05) is 6.07 Å². The number of hydrogen-bond donors (Lipinski definition) is 1. The average Bonchev–Trinajstić information content (AvgIpc) is 2.89. The Bertz CT molecular complexity index is 941. The van der Waals surface area contributed by atoms with Crippen molar-refractivity contribution in [2.24, 2.45) is 0 Å². The van der Waals surface area contributed by atoms with Crippen molar-refractivity contribution in [3.05, 3.63) is 61.1 Å². The second kappa shape index (κ2) is 5.15. The molecule has 1 N–H and O–H groups in total. The Morgan fingerprint density at radius 3 is 2.68 bits per heavy atom. The maximum Gasteiger partial charge on any atom is 0.133 e. The molecule has 2 heterocycles. The van der Waals surface area contributed by atoms with E-state index in [1.165, 1.54) is 21.8 Å². The first-order valence-electron chi connectivity index (χ1n) is 7.41. The lowest BCUT2D eigenvalue weighted by molar-refractivity contribution is 0.827. The molecule has 0 saturated heterocycles. The Morgan fingerprint density at radius 2 is 1.86 bits per heavy atom. The van der Waals surface area contributed by atoms with Gasteiger partial charge >= 0.3 is 0 Å². The van der Waals surface area contributed by atoms with Gasteiger partial charge in [0.2, 0.25) is 0 Å². The molecule has 2 aromatic heterocycles. The molecule has 0 unspecified atom stereocenters. The van der Waals surface area contributed by atoms with Gasteiger partial charge in [-0.3, -0.25) is 0 Å². The fourth-order valence-electron chi connectivity index (χ4n) is 2.98. The van der Waals surface area contributed by atoms with Crippen LogP contribution in [0.15, 0.2) is 61.1 Å². The predicted octanol–water partition coefficient (Wildman–Crippen LogP) is 4.35. The number of nitrogens with zero attached hydrogens (tertiary/aromatic N) is 3. The SMILES string of the molecule is CCn1c2ccccc2c2ccc(Nc3ccncn3)cc21. The topological polar surface area (TPSA) is 42.7 Å². The van der Waals surface area contributed by atoms with E-state index >= 15 is 0 Å². The standard InChI is InChI=1S/C18H16N4/c1-2-22-16-6-4-3-5-14(16)15-8-7-13(11-17(15)22)21-18-9-10-19-12-20-18/h3-12H,2H2,1H3,(H,19,20,21). The number of aryl methyl sites for hydroxylation is 1. The second-order valence-corrected chi connectivity index (χ2v) is 5.21. The summed E-state index contributed by atoms with van der Waals surface area (Å²) in [5.74, 6) is 0.800. The monoisotopic (exact) mass is 288 g/mol. The van der Waals surface area contributed by atoms with Crippen LogP contribution in [-0.2, 0) is 6.54 Å². The quantitative estimate of drug-likeness (QED) is 0.609. The largest absolute Gasteiger partial charge is 0.341 e. The highest BCUT2D eigenvalue weighted by Crippen LogP contribution is 2.31. The van der Waals surface area contributed by atoms with Crippen LogP contribution in [0.4, 0.5) is 11.5 Å². The zero-order valence-electron chi connectivity index (χ0n) is 12.3. The van der Waals surface area contributed by atoms with Gasteiger partial charge in [-0.05, 0) is 31.2 Å². The summed E-state index contributed by atoms with van der Waals surface area (Å²) in [5, 5.41) is 5.91. The Hall–Kier alpha value is -2.88. The molecule has 0 amide bonds. The highest BCUT2D eigenvalue weighted by Gasteiger charge is 2.09. The Balaban J connectivity index is 1.88. The lowest BCUT2D eigenvalue weighted by atomic mass is 10.1. The van der Waals surface area contributed by atoms with Crippen LogP contribution in [0.25, 0.3) is 21.8 Å². The summed E-state index contributed by atoms with van der Waals surface area (Å²) in [6, 6.07) is 16.9. The molecule has 4 rings (SSSR count). The van der Waals surface area contributed by atoms with Crippen LogP contribution < -0.4 is 5.32 Å². The summed E-state index contributed by atoms with van der Waals surface area (Å²) in [5.41, 5.74) is 3.55. The van der Waals surface area contributed by atoms with Crippen LogP contribution in [0.5, 0.6) is 0 Å². The maximum absolute atomic E-state index is 4.21. The van der Waals surface area contributed by atoms with Crippen molar-refractivity contribution in [1.29, 1.82) is 0 Å². The number of para-hydroxylation sites is 1. The summed E-state index contributed by atoms with van der Waals surface area (Å²) in [6.45, 7) is 3.12. The highest BCUT2D eigenvalue weighted by molar-refractivity contribution is 6.08. The molecule has 4 aromatic rings. The Kier molecular flexibility index (Phi) is 3.00. The average molecular weight is 288 g/mol. The number of aromatic nitrogens is 3. The highest BCUT2D eigenvalue weighted by atomic mass is 15.0. The summed E-state index contributed by atoms with van der Waals surface area (Å²) < 4.78 is 2.34. The number of hydrogen-bond acceptors (Lipinski definition) is 3. The van der Waals surface area contributed by atoms with Crippen LogP contribution in [0.1, 0.15) is 6.92 Å². The summed E-state index contributed by atoms with van der Waals surface area (Å²) in [6.07, 6.45) is 3.28. The van der Waals surface area contributed by atoms with Crippen molar-refractivity contribution in [3.63, 3.8) is 0 Å². The van der Waals surface area contributed by atoms with E-state index in [1.54, 1.807) is 12.5 Å². The summed E-state index contributed by atoms with van der Waals surface area (Å²) in [4.78, 5) is 8.15. The maximum atomic E-state index is 4.21. The molecule has 0 radical (unpaired) electrons. The molecule has 22 heavy (non-hydrogen) atoms. The van der Waals surface area contributed by atoms with Gasteiger partial charge in [-0.25, -0.2) is 9.97 Å². The lowest BCUT2D eigenvalue weighted by Crippen LogP contribution is -1.95. The molecule has 4 heteroatoms. The number of nitrogens with one attached hydrogen (secondary N) is 1. The molecule has 0 atom stereocenters. The van der Waals surface area contributed by atoms with Crippen LogP contribution in [0, 0.1) is 0 Å². The lowest BCUT2D eigenvalue weighted by Gasteiger charge is -2.07. The normalized spacial score (nSPS) is 11.1. The predicted molar refractivity (Wildman–Crippen MR) is 90.4 cm³/mol. The molecule has 0 fully saturated rings. The molecule has 0 bridgehead atoms. The van der Waals surface area contributed by atoms with Gasteiger partial charge < -0.3 is 9.88 Å². The number of fused-ring (bicyclic) bond motifs is 3. The first-order chi connectivity index (χ1) is 10.9. The number of benzene rings is 2. The van der Waals surface area contributed by atoms with Gasteiger partial charge in [0.25, 0.3) is 0 Å². The second-order valence-electron chi connectivity index (χ2n) is 5.21. The molecular weight excluding hydrogens is 272 g/mol. The molecule has 0 aliphatic heterocycles. The van der Waals surface area contributed by atoms with E-state index in [0.29, 0.717) is 0 Å². The minimum absolute atomic E-state index is 0.800. The van der Waals surface area contributed by atoms with Gasteiger partial charge in [0, 0.05) is 34.7 Å². The first-order valence-corrected chi connectivity index (χ1v) is 7.41. The summed E-state index contributed by atoms with van der Waals surface area (Å²) >= 11 is 0. The molecule has 0 spiro atoms. The van der Waals surface area contributed by atoms with E-state index in [0.717, 1.165) is 18.1 Å². The molecule has 0 aliphatic carbocycles. The van der Waals surface area contributed by atoms with E-state index in [-0.39, 0.29) is 0 Å². The number of rotatable bonds is 3. The minimum atomic E-state index is 0.800. The fourth-order valence-corrected chi connectivity index (χ4v) is 2.98. The van der Waals surface area contributed by atoms with Crippen molar-refractivity contribution in [1.82, 2.24) is 14.5 Å². The van der Waals surface area contributed by atoms with E-state index in [4.69, 9.17) is 0 Å². The molecule has 2 aromatic carbocycles. The first kappa shape index (κ1) is 12.8. The zero-order chi connectivity index (χ0) is 14.9. The van der Waals surface area contributed by atoms with E-state index in [9.17, 15) is 0 Å². The van der Waals surface area contributed by atoms with Gasteiger partial charge in [0.1, 0.15) is 12.1 Å². The van der Waals surface area contributed by atoms with Gasteiger partial charge in [-0.2, -0.15) is 0 Å². The third-order valence-corrected chi connectivity index (χ3v) is 3.94. The van der Waals surface area contributed by atoms with Crippen molar-refractivity contribution in [2.75, 3.05) is 5.32 Å². The molecule has 4 nitrogen and oxygen atoms in total. The van der Waals surface area contributed by atoms with Gasteiger partial charge in [-0.15, -0.1) is 0 Å². The van der Waals surface area contributed by atoms with Crippen molar-refractivity contribution < 1.29 is 0 Å². The van der Waals surface area contributed by atoms with Gasteiger partial charge in [-0.1, -0.05) is 24.3 Å². The smallest absolute Gasteiger partial charge is 0.133 e. The zero-order valence-corrected chi connectivity index (χ0v) is 12.3. The molecule has 0 aliphatic rings. The van der Waals surface area contributed by atoms with Crippen molar-refractivity contribution >= 4 is 33.3 Å². The van der Waals surface area contributed by atoms with Gasteiger partial charge in [0.05, 0.1) is 5.52 Å². The third kappa shape index (κ3) is 2.00. The molecule has 0 saturated carbocycles. The van der Waals surface area contributed by atoms with E-state index < -0.39 is 0 Å². The summed E-state index contributed by atoms with van der Waals surface area (Å²) in [7, 11) is 0. The van der Waals surface area contributed by atoms with Gasteiger partial charge in [0.15, 0.2) is 0 Å². The van der Waals surface area contributed by atoms with Crippen LogP contribution in [-0.4, -0.2) is 14.5 Å². The van der Waals surface area contributed by atoms with E-state index in [2.05, 4.69) is 69.2 Å². The third-order valence-electron chi connectivity index (χ3n) is 3.94. The van der Waals surface area contributed by atoms with Crippen LogP contribution in [0.2, 0.25) is 0 Å². The van der Waals surface area contributed by atoms with Crippen LogP contribution >= 0.6 is 0 Å².